The Hall–Kier alpha value is -3.09. The summed E-state index contributed by atoms with van der Waals surface area (Å²) in [5.74, 6) is 0.557. The van der Waals surface area contributed by atoms with Crippen molar-refractivity contribution in [3.05, 3.63) is 76.4 Å². The van der Waals surface area contributed by atoms with E-state index in [1.807, 2.05) is 24.3 Å². The quantitative estimate of drug-likeness (QED) is 0.537. The third kappa shape index (κ3) is 3.28. The molecule has 0 bridgehead atoms. The third-order valence-corrected chi connectivity index (χ3v) is 5.85. The molecule has 1 aliphatic carbocycles. The maximum atomic E-state index is 13.6. The van der Waals surface area contributed by atoms with E-state index >= 15 is 0 Å². The minimum absolute atomic E-state index is 0.106. The highest BCUT2D eigenvalue weighted by Gasteiger charge is 2.28. The van der Waals surface area contributed by atoms with Crippen molar-refractivity contribution in [2.24, 2.45) is 0 Å². The lowest BCUT2D eigenvalue weighted by molar-refractivity contribution is 0.178. The Bertz CT molecular complexity index is 1270. The number of fused-ring (bicyclic) bond motifs is 1. The van der Waals surface area contributed by atoms with Gasteiger partial charge in [-0.15, -0.1) is 0 Å². The number of aliphatic hydroxyl groups is 1. The van der Waals surface area contributed by atoms with Crippen LogP contribution in [0.3, 0.4) is 0 Å². The van der Waals surface area contributed by atoms with Crippen LogP contribution in [0.1, 0.15) is 25.3 Å². The number of rotatable bonds is 3. The first-order chi connectivity index (χ1) is 14.6. The summed E-state index contributed by atoms with van der Waals surface area (Å²) in [6.07, 6.45) is 6.57. The Labute approximate surface area is 177 Å². The molecule has 0 unspecified atom stereocenters. The van der Waals surface area contributed by atoms with Crippen LogP contribution >= 0.6 is 11.6 Å². The van der Waals surface area contributed by atoms with Gasteiger partial charge in [0.25, 0.3) is 5.56 Å². The van der Waals surface area contributed by atoms with E-state index in [4.69, 9.17) is 16.6 Å². The van der Waals surface area contributed by atoms with Gasteiger partial charge >= 0.3 is 0 Å². The number of aliphatic hydroxyl groups excluding tert-OH is 1. The van der Waals surface area contributed by atoms with Gasteiger partial charge in [0, 0.05) is 40.8 Å². The lowest BCUT2D eigenvalue weighted by atomic mass is 10.1. The van der Waals surface area contributed by atoms with E-state index < -0.39 is 6.10 Å². The van der Waals surface area contributed by atoms with Crippen LogP contribution in [0.15, 0.2) is 65.8 Å². The summed E-state index contributed by atoms with van der Waals surface area (Å²) in [6, 6.07) is 12.6. The molecular weight excluding hydrogens is 400 g/mol. The predicted octanol–water partition coefficient (Wildman–Crippen LogP) is 4.26. The largest absolute Gasteiger partial charge is 0.393 e. The zero-order chi connectivity index (χ0) is 20.7. The summed E-state index contributed by atoms with van der Waals surface area (Å²) in [5, 5.41) is 11.2. The highest BCUT2D eigenvalue weighted by Crippen LogP contribution is 2.34. The molecule has 0 amide bonds. The Morgan fingerprint density at radius 2 is 1.87 bits per heavy atom. The summed E-state index contributed by atoms with van der Waals surface area (Å²) >= 11 is 6.08. The second-order valence-corrected chi connectivity index (χ2v) is 7.97. The minimum Gasteiger partial charge on any atom is -0.393 e. The average molecular weight is 419 g/mol. The lowest BCUT2D eigenvalue weighted by Crippen LogP contribution is -2.27. The lowest BCUT2D eigenvalue weighted by Gasteiger charge is -2.20. The van der Waals surface area contributed by atoms with Gasteiger partial charge in [0.2, 0.25) is 0 Å². The highest BCUT2D eigenvalue weighted by atomic mass is 35.5. The first-order valence-electron chi connectivity index (χ1n) is 9.87. The molecule has 3 heterocycles. The fraction of sp³-hybridized carbons (Fsp3) is 0.217. The molecule has 0 radical (unpaired) electrons. The van der Waals surface area contributed by atoms with Gasteiger partial charge in [-0.2, -0.15) is 0 Å². The van der Waals surface area contributed by atoms with Crippen molar-refractivity contribution in [3.63, 3.8) is 0 Å². The second kappa shape index (κ2) is 7.63. The summed E-state index contributed by atoms with van der Waals surface area (Å²) in [6.45, 7) is 0. The maximum absolute atomic E-state index is 13.6. The Morgan fingerprint density at radius 3 is 2.57 bits per heavy atom. The summed E-state index contributed by atoms with van der Waals surface area (Å²) in [7, 11) is 0. The van der Waals surface area contributed by atoms with Gasteiger partial charge < -0.3 is 5.11 Å². The molecule has 5 rings (SSSR count). The van der Waals surface area contributed by atoms with Crippen molar-refractivity contribution < 1.29 is 5.11 Å². The molecule has 2 atom stereocenters. The van der Waals surface area contributed by atoms with Gasteiger partial charge in [-0.25, -0.2) is 4.98 Å². The summed E-state index contributed by atoms with van der Waals surface area (Å²) in [5.41, 5.74) is 2.62. The zero-order valence-electron chi connectivity index (χ0n) is 16.1. The van der Waals surface area contributed by atoms with E-state index in [0.29, 0.717) is 40.3 Å². The van der Waals surface area contributed by atoms with E-state index in [0.717, 1.165) is 17.5 Å². The Kier molecular flexibility index (Phi) is 4.81. The predicted molar refractivity (Wildman–Crippen MR) is 116 cm³/mol. The molecule has 0 aliphatic heterocycles. The van der Waals surface area contributed by atoms with Crippen LogP contribution in [-0.2, 0) is 0 Å². The van der Waals surface area contributed by atoms with Gasteiger partial charge in [-0.1, -0.05) is 11.6 Å². The molecule has 1 aromatic carbocycles. The average Bonchev–Trinajstić information content (AvgIpc) is 3.20. The standard InChI is InChI=1S/C23H19ClN4O2/c24-16-5-3-14(4-6-16)22-27-21-19(23(30)28(22)17-7-8-18(29)12-17)9-11-26-20(21)15-2-1-10-25-13-15/h1-6,9-11,13,17-18,29H,7-8,12H2/t17-,18+/m1/s1. The Morgan fingerprint density at radius 1 is 1.03 bits per heavy atom. The molecule has 1 N–H and O–H groups in total. The van der Waals surface area contributed by atoms with E-state index in [-0.39, 0.29) is 11.6 Å². The fourth-order valence-corrected chi connectivity index (χ4v) is 4.28. The van der Waals surface area contributed by atoms with Gasteiger partial charge in [0.15, 0.2) is 0 Å². The zero-order valence-corrected chi connectivity index (χ0v) is 16.8. The molecule has 150 valence electrons. The van der Waals surface area contributed by atoms with Crippen LogP contribution in [0.5, 0.6) is 0 Å². The number of hydrogen-bond acceptors (Lipinski definition) is 5. The molecule has 0 saturated heterocycles. The fourth-order valence-electron chi connectivity index (χ4n) is 4.15. The van der Waals surface area contributed by atoms with Crippen LogP contribution in [0.25, 0.3) is 33.5 Å². The summed E-state index contributed by atoms with van der Waals surface area (Å²) in [4.78, 5) is 27.2. The molecule has 1 aliphatic rings. The van der Waals surface area contributed by atoms with E-state index in [1.165, 1.54) is 0 Å². The van der Waals surface area contributed by atoms with Crippen molar-refractivity contribution in [3.8, 4) is 22.6 Å². The SMILES string of the molecule is O=c1c2ccnc(-c3cccnc3)c2nc(-c2ccc(Cl)cc2)n1[C@@H]1CC[C@H](O)C1. The third-order valence-electron chi connectivity index (χ3n) is 5.60. The number of hydrogen-bond donors (Lipinski definition) is 1. The molecule has 3 aromatic heterocycles. The first kappa shape index (κ1) is 18.9. The number of nitrogens with zero attached hydrogens (tertiary/aromatic N) is 4. The monoisotopic (exact) mass is 418 g/mol. The van der Waals surface area contributed by atoms with Crippen LogP contribution in [0, 0.1) is 0 Å². The molecule has 0 spiro atoms. The van der Waals surface area contributed by atoms with Gasteiger partial charge in [-0.3, -0.25) is 19.3 Å². The number of aromatic nitrogens is 4. The Balaban J connectivity index is 1.82. The van der Waals surface area contributed by atoms with Crippen LogP contribution < -0.4 is 5.56 Å². The summed E-state index contributed by atoms with van der Waals surface area (Å²) < 4.78 is 1.73. The highest BCUT2D eigenvalue weighted by molar-refractivity contribution is 6.30. The first-order valence-corrected chi connectivity index (χ1v) is 10.3. The normalized spacial score (nSPS) is 18.7. The smallest absolute Gasteiger partial charge is 0.262 e. The van der Waals surface area contributed by atoms with Gasteiger partial charge in [-0.05, 0) is 61.7 Å². The van der Waals surface area contributed by atoms with Crippen molar-refractivity contribution in [2.45, 2.75) is 31.4 Å². The minimum atomic E-state index is -0.404. The molecule has 6 nitrogen and oxygen atoms in total. The van der Waals surface area contributed by atoms with Crippen molar-refractivity contribution >= 4 is 22.5 Å². The molecule has 30 heavy (non-hydrogen) atoms. The molecule has 7 heteroatoms. The maximum Gasteiger partial charge on any atom is 0.262 e. The number of halogens is 1. The molecule has 1 fully saturated rings. The van der Waals surface area contributed by atoms with Gasteiger partial charge in [0.05, 0.1) is 17.2 Å². The van der Waals surface area contributed by atoms with Crippen LogP contribution in [0.2, 0.25) is 5.02 Å². The van der Waals surface area contributed by atoms with Crippen LogP contribution in [-0.4, -0.2) is 30.7 Å². The number of benzene rings is 1. The number of pyridine rings is 2. The van der Waals surface area contributed by atoms with E-state index in [9.17, 15) is 9.90 Å². The van der Waals surface area contributed by atoms with E-state index in [2.05, 4.69) is 9.97 Å². The topological polar surface area (TPSA) is 80.9 Å². The van der Waals surface area contributed by atoms with Crippen molar-refractivity contribution in [1.29, 1.82) is 0 Å². The molecule has 4 aromatic rings. The van der Waals surface area contributed by atoms with Crippen molar-refractivity contribution in [1.82, 2.24) is 19.5 Å². The van der Waals surface area contributed by atoms with Gasteiger partial charge in [0.1, 0.15) is 11.3 Å². The van der Waals surface area contributed by atoms with Crippen molar-refractivity contribution in [2.75, 3.05) is 0 Å². The second-order valence-electron chi connectivity index (χ2n) is 7.54. The van der Waals surface area contributed by atoms with E-state index in [1.54, 1.807) is 41.4 Å². The van der Waals surface area contributed by atoms with Crippen LogP contribution in [0.4, 0.5) is 0 Å². The molecule has 1 saturated carbocycles. The molecular formula is C23H19ClN4O2.